The Morgan fingerprint density at radius 2 is 1.93 bits per heavy atom. The lowest BCUT2D eigenvalue weighted by Gasteiger charge is -2.32. The Morgan fingerprint density at radius 3 is 2.69 bits per heavy atom. The third-order valence-electron chi connectivity index (χ3n) is 4.87. The third kappa shape index (κ3) is 4.75. The highest BCUT2D eigenvalue weighted by Crippen LogP contribution is 2.25. The highest BCUT2D eigenvalue weighted by molar-refractivity contribution is 5.59. The molecule has 0 radical (unpaired) electrons. The van der Waals surface area contributed by atoms with Crippen LogP contribution >= 0.6 is 0 Å². The fourth-order valence-electron chi connectivity index (χ4n) is 3.38. The van der Waals surface area contributed by atoms with Crippen molar-refractivity contribution < 1.29 is 9.13 Å². The zero-order valence-corrected chi connectivity index (χ0v) is 16.6. The van der Waals surface area contributed by atoms with Crippen LogP contribution in [0, 0.1) is 5.82 Å². The van der Waals surface area contributed by atoms with Crippen LogP contribution in [-0.4, -0.2) is 53.6 Å². The second-order valence-electron chi connectivity index (χ2n) is 7.34. The molecule has 0 bridgehead atoms. The van der Waals surface area contributed by atoms with Crippen LogP contribution in [0.4, 0.5) is 10.3 Å². The van der Waals surface area contributed by atoms with E-state index in [1.54, 1.807) is 6.07 Å². The smallest absolute Gasteiger partial charge is 0.224 e. The first kappa shape index (κ1) is 19.4. The molecule has 4 rings (SSSR count). The van der Waals surface area contributed by atoms with Crippen molar-refractivity contribution in [2.45, 2.75) is 12.6 Å². The monoisotopic (exact) mass is 393 g/mol. The molecule has 1 saturated heterocycles. The second-order valence-corrected chi connectivity index (χ2v) is 7.34. The van der Waals surface area contributed by atoms with Crippen LogP contribution in [0.1, 0.15) is 17.4 Å². The molecule has 0 aliphatic carbocycles. The molecule has 3 heterocycles. The maximum Gasteiger partial charge on any atom is 0.224 e. The van der Waals surface area contributed by atoms with Crippen LogP contribution < -0.4 is 4.90 Å². The molecule has 1 fully saturated rings. The van der Waals surface area contributed by atoms with Crippen molar-refractivity contribution in [1.82, 2.24) is 19.9 Å². The van der Waals surface area contributed by atoms with Gasteiger partial charge in [-0.1, -0.05) is 18.2 Å². The van der Waals surface area contributed by atoms with Crippen LogP contribution in [-0.2, 0) is 11.3 Å². The molecule has 1 aromatic carbocycles. The predicted octanol–water partition coefficient (Wildman–Crippen LogP) is 3.32. The summed E-state index contributed by atoms with van der Waals surface area (Å²) in [5.74, 6) is 0.435. The second kappa shape index (κ2) is 8.63. The normalized spacial score (nSPS) is 17.3. The Bertz CT molecular complexity index is 963. The van der Waals surface area contributed by atoms with Crippen LogP contribution in [0.15, 0.2) is 54.9 Å². The highest BCUT2D eigenvalue weighted by atomic mass is 19.1. The van der Waals surface area contributed by atoms with E-state index in [1.807, 2.05) is 55.7 Å². The van der Waals surface area contributed by atoms with Crippen molar-refractivity contribution in [2.75, 3.05) is 38.7 Å². The van der Waals surface area contributed by atoms with Crippen molar-refractivity contribution in [3.8, 4) is 11.3 Å². The molecule has 0 amide bonds. The zero-order valence-electron chi connectivity index (χ0n) is 16.6. The Hall–Kier alpha value is -2.90. The average Bonchev–Trinajstić information content (AvgIpc) is 2.74. The zero-order chi connectivity index (χ0) is 20.2. The van der Waals surface area contributed by atoms with Gasteiger partial charge in [0.25, 0.3) is 0 Å². The first-order chi connectivity index (χ1) is 14.1. The van der Waals surface area contributed by atoms with E-state index in [9.17, 15) is 4.39 Å². The third-order valence-corrected chi connectivity index (χ3v) is 4.87. The van der Waals surface area contributed by atoms with Crippen molar-refractivity contribution in [3.63, 3.8) is 0 Å². The molecule has 1 aliphatic heterocycles. The van der Waals surface area contributed by atoms with Gasteiger partial charge >= 0.3 is 0 Å². The number of hydrogen-bond donors (Lipinski definition) is 0. The summed E-state index contributed by atoms with van der Waals surface area (Å²) >= 11 is 0. The standard InChI is InChI=1S/C22H24FN5O/c1-27(2)22-24-12-16(13-25-22)14-28-9-10-29-21(15-28)20-8-4-7-19(26-20)17-5-3-6-18(23)11-17/h3-8,11-13,21H,9-10,14-15H2,1-2H3/t21-/m0/s1. The lowest BCUT2D eigenvalue weighted by molar-refractivity contribution is -0.0349. The number of pyridine rings is 1. The van der Waals surface area contributed by atoms with Gasteiger partial charge in [0.2, 0.25) is 5.95 Å². The minimum Gasteiger partial charge on any atom is -0.369 e. The van der Waals surface area contributed by atoms with Crippen molar-refractivity contribution >= 4 is 5.95 Å². The first-order valence-electron chi connectivity index (χ1n) is 9.63. The molecule has 0 saturated carbocycles. The Morgan fingerprint density at radius 1 is 1.14 bits per heavy atom. The molecule has 3 aromatic rings. The van der Waals surface area contributed by atoms with Gasteiger partial charge in [0, 0.05) is 57.3 Å². The number of anilines is 1. The quantitative estimate of drug-likeness (QED) is 0.663. The van der Waals surface area contributed by atoms with E-state index in [1.165, 1.54) is 12.1 Å². The molecule has 2 aromatic heterocycles. The van der Waals surface area contributed by atoms with Crippen LogP contribution in [0.25, 0.3) is 11.3 Å². The van der Waals surface area contributed by atoms with Gasteiger partial charge in [0.05, 0.1) is 18.0 Å². The molecular formula is C22H24FN5O. The number of halogens is 1. The average molecular weight is 393 g/mol. The van der Waals surface area contributed by atoms with E-state index in [4.69, 9.17) is 9.72 Å². The van der Waals surface area contributed by atoms with Gasteiger partial charge < -0.3 is 9.64 Å². The molecule has 0 spiro atoms. The van der Waals surface area contributed by atoms with Crippen molar-refractivity contribution in [2.24, 2.45) is 0 Å². The number of hydrogen-bond acceptors (Lipinski definition) is 6. The van der Waals surface area contributed by atoms with Gasteiger partial charge in [-0.25, -0.2) is 14.4 Å². The number of rotatable bonds is 5. The van der Waals surface area contributed by atoms with Gasteiger partial charge in [-0.05, 0) is 24.3 Å². The van der Waals surface area contributed by atoms with Gasteiger partial charge in [-0.15, -0.1) is 0 Å². The summed E-state index contributed by atoms with van der Waals surface area (Å²) in [5.41, 5.74) is 3.43. The van der Waals surface area contributed by atoms with Gasteiger partial charge in [0.1, 0.15) is 11.9 Å². The molecule has 7 heteroatoms. The Balaban J connectivity index is 1.46. The van der Waals surface area contributed by atoms with E-state index in [0.717, 1.165) is 42.1 Å². The molecule has 1 atom stereocenters. The number of aromatic nitrogens is 3. The van der Waals surface area contributed by atoms with E-state index < -0.39 is 0 Å². The lowest BCUT2D eigenvalue weighted by atomic mass is 10.1. The summed E-state index contributed by atoms with van der Waals surface area (Å²) in [6, 6.07) is 12.3. The van der Waals surface area contributed by atoms with E-state index in [0.29, 0.717) is 12.6 Å². The maximum atomic E-state index is 13.6. The van der Waals surface area contributed by atoms with Crippen LogP contribution in [0.2, 0.25) is 0 Å². The van der Waals surface area contributed by atoms with Gasteiger partial charge in [-0.2, -0.15) is 0 Å². The molecule has 150 valence electrons. The molecule has 6 nitrogen and oxygen atoms in total. The summed E-state index contributed by atoms with van der Waals surface area (Å²) in [7, 11) is 3.85. The summed E-state index contributed by atoms with van der Waals surface area (Å²) in [5, 5.41) is 0. The Labute approximate surface area is 170 Å². The first-order valence-corrected chi connectivity index (χ1v) is 9.63. The van der Waals surface area contributed by atoms with Gasteiger partial charge in [0.15, 0.2) is 0 Å². The summed E-state index contributed by atoms with van der Waals surface area (Å²) in [4.78, 5) is 17.7. The minimum atomic E-state index is -0.266. The van der Waals surface area contributed by atoms with Gasteiger partial charge in [-0.3, -0.25) is 9.88 Å². The molecular weight excluding hydrogens is 369 g/mol. The van der Waals surface area contributed by atoms with E-state index >= 15 is 0 Å². The number of morpholine rings is 1. The topological polar surface area (TPSA) is 54.4 Å². The number of ether oxygens (including phenoxy) is 1. The summed E-state index contributed by atoms with van der Waals surface area (Å²) < 4.78 is 19.5. The number of nitrogens with zero attached hydrogens (tertiary/aromatic N) is 5. The largest absolute Gasteiger partial charge is 0.369 e. The van der Waals surface area contributed by atoms with Crippen LogP contribution in [0.3, 0.4) is 0 Å². The molecule has 1 aliphatic rings. The van der Waals surface area contributed by atoms with E-state index in [2.05, 4.69) is 14.9 Å². The fraction of sp³-hybridized carbons (Fsp3) is 0.318. The van der Waals surface area contributed by atoms with Crippen molar-refractivity contribution in [3.05, 3.63) is 71.9 Å². The number of benzene rings is 1. The molecule has 0 N–H and O–H groups in total. The molecule has 29 heavy (non-hydrogen) atoms. The van der Waals surface area contributed by atoms with Crippen LogP contribution in [0.5, 0.6) is 0 Å². The minimum absolute atomic E-state index is 0.126. The molecule has 0 unspecified atom stereocenters. The highest BCUT2D eigenvalue weighted by Gasteiger charge is 2.23. The summed E-state index contributed by atoms with van der Waals surface area (Å²) in [6.07, 6.45) is 3.62. The maximum absolute atomic E-state index is 13.6. The van der Waals surface area contributed by atoms with E-state index in [-0.39, 0.29) is 11.9 Å². The van der Waals surface area contributed by atoms with Crippen molar-refractivity contribution in [1.29, 1.82) is 0 Å². The fourth-order valence-corrected chi connectivity index (χ4v) is 3.38. The summed E-state index contributed by atoms with van der Waals surface area (Å²) in [6.45, 7) is 2.97. The lowest BCUT2D eigenvalue weighted by Crippen LogP contribution is -2.38. The SMILES string of the molecule is CN(C)c1ncc(CN2CCO[C@H](c3cccc(-c4cccc(F)c4)n3)C2)cn1. The predicted molar refractivity (Wildman–Crippen MR) is 110 cm³/mol. The Kier molecular flexibility index (Phi) is 5.78.